The van der Waals surface area contributed by atoms with Crippen molar-refractivity contribution in [2.75, 3.05) is 26.7 Å². The maximum absolute atomic E-state index is 13.9. The highest BCUT2D eigenvalue weighted by Crippen LogP contribution is 2.31. The summed E-state index contributed by atoms with van der Waals surface area (Å²) in [5.74, 6) is -1.27. The maximum atomic E-state index is 13.9. The summed E-state index contributed by atoms with van der Waals surface area (Å²) < 4.78 is 60.0. The molecular formula is C19H22F2N2O3S. The van der Waals surface area contributed by atoms with E-state index in [1.54, 1.807) is 7.11 Å². The smallest absolute Gasteiger partial charge is 0.243 e. The zero-order chi connectivity index (χ0) is 19.4. The van der Waals surface area contributed by atoms with E-state index in [1.807, 2.05) is 24.3 Å². The van der Waals surface area contributed by atoms with Gasteiger partial charge in [-0.2, -0.15) is 0 Å². The molecule has 5 nitrogen and oxygen atoms in total. The molecule has 0 aromatic heterocycles. The quantitative estimate of drug-likeness (QED) is 0.781. The highest BCUT2D eigenvalue weighted by Gasteiger charge is 2.28. The second kappa shape index (κ2) is 8.33. The molecule has 0 unspecified atom stereocenters. The first kappa shape index (κ1) is 19.7. The van der Waals surface area contributed by atoms with Gasteiger partial charge in [-0.1, -0.05) is 18.2 Å². The molecule has 2 aromatic rings. The molecule has 146 valence electrons. The summed E-state index contributed by atoms with van der Waals surface area (Å²) in [6.07, 6.45) is 2.07. The molecule has 8 heteroatoms. The number of ether oxygens (including phenoxy) is 1. The number of rotatable bonds is 7. The summed E-state index contributed by atoms with van der Waals surface area (Å²) in [5.41, 5.74) is 0.865. The Morgan fingerprint density at radius 1 is 1.15 bits per heavy atom. The monoisotopic (exact) mass is 396 g/mol. The van der Waals surface area contributed by atoms with Crippen molar-refractivity contribution in [3.63, 3.8) is 0 Å². The van der Waals surface area contributed by atoms with Gasteiger partial charge in [0, 0.05) is 18.2 Å². The Hall–Kier alpha value is -2.03. The van der Waals surface area contributed by atoms with Gasteiger partial charge in [-0.05, 0) is 44.1 Å². The second-order valence-electron chi connectivity index (χ2n) is 6.43. The molecule has 1 heterocycles. The van der Waals surface area contributed by atoms with E-state index in [9.17, 15) is 17.2 Å². The SMILES string of the molecule is COc1ccccc1[C@H](CNS(=O)(=O)c1ccc(F)cc1F)N1CCCC1. The summed E-state index contributed by atoms with van der Waals surface area (Å²) in [5, 5.41) is 0. The van der Waals surface area contributed by atoms with Crippen LogP contribution in [-0.2, 0) is 10.0 Å². The number of likely N-dealkylation sites (tertiary alicyclic amines) is 1. The molecule has 1 atom stereocenters. The molecule has 1 aliphatic heterocycles. The number of methoxy groups -OCH3 is 1. The Bertz CT molecular complexity index is 900. The number of sulfonamides is 1. The van der Waals surface area contributed by atoms with Crippen molar-refractivity contribution in [1.82, 2.24) is 9.62 Å². The zero-order valence-electron chi connectivity index (χ0n) is 15.0. The summed E-state index contributed by atoms with van der Waals surface area (Å²) in [7, 11) is -2.55. The summed E-state index contributed by atoms with van der Waals surface area (Å²) >= 11 is 0. The third-order valence-electron chi connectivity index (χ3n) is 4.73. The van der Waals surface area contributed by atoms with Gasteiger partial charge in [-0.15, -0.1) is 0 Å². The average Bonchev–Trinajstić information content (AvgIpc) is 3.16. The summed E-state index contributed by atoms with van der Waals surface area (Å²) in [4.78, 5) is 1.62. The maximum Gasteiger partial charge on any atom is 0.243 e. The highest BCUT2D eigenvalue weighted by molar-refractivity contribution is 7.89. The van der Waals surface area contributed by atoms with Crippen LogP contribution in [0, 0.1) is 11.6 Å². The number of hydrogen-bond acceptors (Lipinski definition) is 4. The summed E-state index contributed by atoms with van der Waals surface area (Å²) in [6, 6.07) is 9.61. The van der Waals surface area contributed by atoms with Gasteiger partial charge >= 0.3 is 0 Å². The molecular weight excluding hydrogens is 374 g/mol. The number of halogens is 2. The molecule has 0 bridgehead atoms. The molecule has 27 heavy (non-hydrogen) atoms. The van der Waals surface area contributed by atoms with Gasteiger partial charge in [0.1, 0.15) is 22.3 Å². The van der Waals surface area contributed by atoms with Crippen LogP contribution in [0.1, 0.15) is 24.4 Å². The fourth-order valence-corrected chi connectivity index (χ4v) is 4.49. The third kappa shape index (κ3) is 4.45. The molecule has 0 saturated carbocycles. The number of nitrogens with one attached hydrogen (secondary N) is 1. The zero-order valence-corrected chi connectivity index (χ0v) is 15.8. The molecule has 1 fully saturated rings. The minimum atomic E-state index is -4.12. The normalized spacial score (nSPS) is 16.4. The molecule has 0 spiro atoms. The van der Waals surface area contributed by atoms with Crippen LogP contribution in [0.5, 0.6) is 5.75 Å². The van der Waals surface area contributed by atoms with Crippen LogP contribution in [0.2, 0.25) is 0 Å². The molecule has 0 amide bonds. The lowest BCUT2D eigenvalue weighted by atomic mass is 10.0. The Morgan fingerprint density at radius 3 is 2.52 bits per heavy atom. The largest absolute Gasteiger partial charge is 0.496 e. The number of benzene rings is 2. The van der Waals surface area contributed by atoms with Gasteiger partial charge < -0.3 is 4.74 Å². The first-order valence-electron chi connectivity index (χ1n) is 8.74. The molecule has 1 aliphatic rings. The topological polar surface area (TPSA) is 58.6 Å². The number of hydrogen-bond donors (Lipinski definition) is 1. The van der Waals surface area contributed by atoms with Crippen LogP contribution in [0.4, 0.5) is 8.78 Å². The molecule has 1 N–H and O–H groups in total. The van der Waals surface area contributed by atoms with Crippen LogP contribution in [0.15, 0.2) is 47.4 Å². The van der Waals surface area contributed by atoms with E-state index in [0.29, 0.717) is 11.8 Å². The van der Waals surface area contributed by atoms with Gasteiger partial charge in [-0.25, -0.2) is 21.9 Å². The van der Waals surface area contributed by atoms with E-state index < -0.39 is 26.6 Å². The lowest BCUT2D eigenvalue weighted by molar-refractivity contribution is 0.240. The van der Waals surface area contributed by atoms with Crippen molar-refractivity contribution in [3.8, 4) is 5.75 Å². The molecule has 3 rings (SSSR count). The first-order chi connectivity index (χ1) is 12.9. The number of nitrogens with zero attached hydrogens (tertiary/aromatic N) is 1. The van der Waals surface area contributed by atoms with Crippen molar-refractivity contribution >= 4 is 10.0 Å². The van der Waals surface area contributed by atoms with Crippen molar-refractivity contribution in [2.24, 2.45) is 0 Å². The minimum absolute atomic E-state index is 0.0551. The first-order valence-corrected chi connectivity index (χ1v) is 10.2. The van der Waals surface area contributed by atoms with Crippen molar-refractivity contribution in [1.29, 1.82) is 0 Å². The van der Waals surface area contributed by atoms with Gasteiger partial charge in [0.05, 0.1) is 13.2 Å². The fourth-order valence-electron chi connectivity index (χ4n) is 3.39. The van der Waals surface area contributed by atoms with Crippen molar-refractivity contribution in [3.05, 3.63) is 59.7 Å². The van der Waals surface area contributed by atoms with Crippen LogP contribution in [-0.4, -0.2) is 40.1 Å². The summed E-state index contributed by atoms with van der Waals surface area (Å²) in [6.45, 7) is 1.74. The second-order valence-corrected chi connectivity index (χ2v) is 8.16. The van der Waals surface area contributed by atoms with Crippen LogP contribution >= 0.6 is 0 Å². The van der Waals surface area contributed by atoms with E-state index in [1.165, 1.54) is 0 Å². The lowest BCUT2D eigenvalue weighted by Crippen LogP contribution is -2.37. The highest BCUT2D eigenvalue weighted by atomic mass is 32.2. The van der Waals surface area contributed by atoms with E-state index in [2.05, 4.69) is 9.62 Å². The fraction of sp³-hybridized carbons (Fsp3) is 0.368. The van der Waals surface area contributed by atoms with Gasteiger partial charge in [0.15, 0.2) is 0 Å². The van der Waals surface area contributed by atoms with Gasteiger partial charge in [0.25, 0.3) is 0 Å². The van der Waals surface area contributed by atoms with E-state index in [4.69, 9.17) is 4.74 Å². The van der Waals surface area contributed by atoms with Crippen LogP contribution < -0.4 is 9.46 Å². The number of para-hydroxylation sites is 1. The van der Waals surface area contributed by atoms with Crippen molar-refractivity contribution in [2.45, 2.75) is 23.8 Å². The predicted octanol–water partition coefficient (Wildman–Crippen LogP) is 3.09. The Morgan fingerprint density at radius 2 is 1.85 bits per heavy atom. The third-order valence-corrected chi connectivity index (χ3v) is 6.19. The molecule has 0 aliphatic carbocycles. The van der Waals surface area contributed by atoms with Gasteiger partial charge in [0.2, 0.25) is 10.0 Å². The predicted molar refractivity (Wildman–Crippen MR) is 98.1 cm³/mol. The lowest BCUT2D eigenvalue weighted by Gasteiger charge is -2.29. The molecule has 1 saturated heterocycles. The van der Waals surface area contributed by atoms with E-state index in [-0.39, 0.29) is 12.6 Å². The Labute approximate surface area is 158 Å². The van der Waals surface area contributed by atoms with E-state index in [0.717, 1.165) is 43.6 Å². The standard InChI is InChI=1S/C19H22F2N2O3S/c1-26-18-7-3-2-6-15(18)17(23-10-4-5-11-23)13-22-27(24,25)19-9-8-14(20)12-16(19)21/h2-3,6-9,12,17,22H,4-5,10-11,13H2,1H3/t17-/m0/s1. The minimum Gasteiger partial charge on any atom is -0.496 e. The Balaban J connectivity index is 1.86. The van der Waals surface area contributed by atoms with Crippen molar-refractivity contribution < 1.29 is 21.9 Å². The van der Waals surface area contributed by atoms with Crippen LogP contribution in [0.3, 0.4) is 0 Å². The Kier molecular flexibility index (Phi) is 6.08. The van der Waals surface area contributed by atoms with Crippen LogP contribution in [0.25, 0.3) is 0 Å². The van der Waals surface area contributed by atoms with Gasteiger partial charge in [-0.3, -0.25) is 4.90 Å². The average molecular weight is 396 g/mol. The molecule has 2 aromatic carbocycles. The van der Waals surface area contributed by atoms with E-state index >= 15 is 0 Å². The molecule has 0 radical (unpaired) electrons.